The molecule has 0 N–H and O–H groups in total. The van der Waals surface area contributed by atoms with Crippen molar-refractivity contribution in [1.82, 2.24) is 9.78 Å². The molecule has 5 nitrogen and oxygen atoms in total. The second kappa shape index (κ2) is 4.41. The minimum Gasteiger partial charge on any atom is -0.358 e. The van der Waals surface area contributed by atoms with E-state index in [0.29, 0.717) is 0 Å². The van der Waals surface area contributed by atoms with Crippen LogP contribution in [-0.4, -0.2) is 14.7 Å². The number of nitrogens with zero attached hydrogens (tertiary/aromatic N) is 3. The molecule has 1 unspecified atom stereocenters. The van der Waals surface area contributed by atoms with Crippen molar-refractivity contribution in [3.05, 3.63) is 21.3 Å². The van der Waals surface area contributed by atoms with Gasteiger partial charge in [0.2, 0.25) is 0 Å². The summed E-state index contributed by atoms with van der Waals surface area (Å²) < 4.78 is 1.55. The van der Waals surface area contributed by atoms with Crippen LogP contribution in [0.3, 0.4) is 0 Å². The van der Waals surface area contributed by atoms with Crippen molar-refractivity contribution >= 4 is 17.4 Å². The van der Waals surface area contributed by atoms with Crippen molar-refractivity contribution in [3.8, 4) is 0 Å². The van der Waals surface area contributed by atoms with Crippen LogP contribution in [0.1, 0.15) is 32.7 Å². The minimum absolute atomic E-state index is 0.0953. The Labute approximate surface area is 86.8 Å². The van der Waals surface area contributed by atoms with Crippen molar-refractivity contribution in [2.75, 3.05) is 0 Å². The number of halogens is 1. The van der Waals surface area contributed by atoms with Gasteiger partial charge in [-0.1, -0.05) is 24.9 Å². The summed E-state index contributed by atoms with van der Waals surface area (Å²) in [5, 5.41) is 14.4. The van der Waals surface area contributed by atoms with Crippen LogP contribution in [0.25, 0.3) is 0 Å². The van der Waals surface area contributed by atoms with Crippen LogP contribution in [0.4, 0.5) is 5.82 Å². The van der Waals surface area contributed by atoms with Crippen LogP contribution in [0.2, 0.25) is 5.02 Å². The number of rotatable bonds is 4. The molecule has 0 saturated heterocycles. The first-order chi connectivity index (χ1) is 6.56. The van der Waals surface area contributed by atoms with Gasteiger partial charge < -0.3 is 10.1 Å². The minimum atomic E-state index is -0.572. The van der Waals surface area contributed by atoms with Gasteiger partial charge >= 0.3 is 5.82 Å². The summed E-state index contributed by atoms with van der Waals surface area (Å²) >= 11 is 5.66. The topological polar surface area (TPSA) is 61.0 Å². The van der Waals surface area contributed by atoms with Gasteiger partial charge in [-0.2, -0.15) is 4.68 Å². The van der Waals surface area contributed by atoms with Gasteiger partial charge in [0.1, 0.15) is 0 Å². The van der Waals surface area contributed by atoms with Crippen molar-refractivity contribution in [2.45, 2.75) is 32.7 Å². The predicted molar refractivity (Wildman–Crippen MR) is 53.5 cm³/mol. The van der Waals surface area contributed by atoms with Crippen molar-refractivity contribution in [3.63, 3.8) is 0 Å². The Morgan fingerprint density at radius 2 is 2.43 bits per heavy atom. The largest absolute Gasteiger partial charge is 0.408 e. The highest BCUT2D eigenvalue weighted by Crippen LogP contribution is 2.24. The fourth-order valence-electron chi connectivity index (χ4n) is 1.26. The van der Waals surface area contributed by atoms with Gasteiger partial charge in [0.15, 0.2) is 5.02 Å². The average molecular weight is 218 g/mol. The maximum atomic E-state index is 10.5. The quantitative estimate of drug-likeness (QED) is 0.576. The van der Waals surface area contributed by atoms with Gasteiger partial charge in [-0.05, 0) is 18.3 Å². The second-order valence-electron chi connectivity index (χ2n) is 3.18. The molecule has 1 aromatic rings. The Morgan fingerprint density at radius 3 is 2.86 bits per heavy atom. The first-order valence-electron chi connectivity index (χ1n) is 4.45. The molecule has 0 aliphatic rings. The first kappa shape index (κ1) is 11.0. The lowest BCUT2D eigenvalue weighted by Crippen LogP contribution is -2.05. The first-order valence-corrected chi connectivity index (χ1v) is 4.83. The van der Waals surface area contributed by atoms with Crippen LogP contribution in [0.15, 0.2) is 6.20 Å². The third kappa shape index (κ3) is 2.23. The van der Waals surface area contributed by atoms with Gasteiger partial charge in [-0.15, -0.1) is 0 Å². The van der Waals surface area contributed by atoms with E-state index in [2.05, 4.69) is 12.0 Å². The molecule has 1 atom stereocenters. The third-order valence-corrected chi connectivity index (χ3v) is 2.27. The monoisotopic (exact) mass is 217 g/mol. The molecule has 0 aromatic carbocycles. The van der Waals surface area contributed by atoms with Crippen LogP contribution < -0.4 is 0 Å². The fraction of sp³-hybridized carbons (Fsp3) is 0.625. The fourth-order valence-corrected chi connectivity index (χ4v) is 1.47. The Morgan fingerprint density at radius 1 is 1.79 bits per heavy atom. The summed E-state index contributed by atoms with van der Waals surface area (Å²) in [5.74, 6) is -0.269. The normalized spacial score (nSPS) is 12.8. The maximum absolute atomic E-state index is 10.5. The lowest BCUT2D eigenvalue weighted by molar-refractivity contribution is -0.389. The van der Waals surface area contributed by atoms with E-state index in [1.807, 2.05) is 6.92 Å². The average Bonchev–Trinajstić information content (AvgIpc) is 2.48. The Hall–Kier alpha value is -1.10. The van der Waals surface area contributed by atoms with E-state index in [-0.39, 0.29) is 16.9 Å². The van der Waals surface area contributed by atoms with E-state index in [1.165, 1.54) is 6.20 Å². The van der Waals surface area contributed by atoms with E-state index in [9.17, 15) is 10.1 Å². The molecule has 78 valence electrons. The molecule has 0 spiro atoms. The molecule has 0 aliphatic heterocycles. The zero-order valence-electron chi connectivity index (χ0n) is 8.11. The molecule has 14 heavy (non-hydrogen) atoms. The van der Waals surface area contributed by atoms with Gasteiger partial charge in [-0.25, -0.2) is 0 Å². The molecule has 0 bridgehead atoms. The summed E-state index contributed by atoms with van der Waals surface area (Å²) in [5.41, 5.74) is 0. The molecule has 0 saturated carbocycles. The Balaban J connectivity index is 2.90. The van der Waals surface area contributed by atoms with Crippen LogP contribution in [0, 0.1) is 10.1 Å². The molecule has 1 aromatic heterocycles. The summed E-state index contributed by atoms with van der Waals surface area (Å²) in [6, 6.07) is 0.145. The van der Waals surface area contributed by atoms with E-state index in [4.69, 9.17) is 11.6 Å². The molecular weight excluding hydrogens is 206 g/mol. The maximum Gasteiger partial charge on any atom is 0.408 e. The third-order valence-electron chi connectivity index (χ3n) is 2.00. The molecular formula is C8H12ClN3O2. The van der Waals surface area contributed by atoms with E-state index >= 15 is 0 Å². The molecule has 0 radical (unpaired) electrons. The van der Waals surface area contributed by atoms with Crippen molar-refractivity contribution in [2.24, 2.45) is 0 Å². The van der Waals surface area contributed by atoms with Crippen LogP contribution in [0.5, 0.6) is 0 Å². The SMILES string of the molecule is CCCC(C)n1cc(Cl)c([N+](=O)[O-])n1. The van der Waals surface area contributed by atoms with E-state index < -0.39 is 4.92 Å². The van der Waals surface area contributed by atoms with Crippen LogP contribution >= 0.6 is 11.6 Å². The highest BCUT2D eigenvalue weighted by molar-refractivity contribution is 6.32. The lowest BCUT2D eigenvalue weighted by atomic mass is 10.2. The molecule has 0 fully saturated rings. The predicted octanol–water partition coefficient (Wildman–Crippen LogP) is 2.81. The molecule has 1 rings (SSSR count). The standard InChI is InChI=1S/C8H12ClN3O2/c1-3-4-6(2)11-5-7(9)8(10-11)12(13)14/h5-6H,3-4H2,1-2H3. The number of hydrogen-bond acceptors (Lipinski definition) is 3. The number of hydrogen-bond donors (Lipinski definition) is 0. The summed E-state index contributed by atoms with van der Waals surface area (Å²) in [6.45, 7) is 4.01. The molecule has 0 amide bonds. The smallest absolute Gasteiger partial charge is 0.358 e. The zero-order valence-corrected chi connectivity index (χ0v) is 8.86. The molecule has 0 aliphatic carbocycles. The van der Waals surface area contributed by atoms with Gasteiger partial charge in [0, 0.05) is 0 Å². The van der Waals surface area contributed by atoms with E-state index in [1.54, 1.807) is 4.68 Å². The van der Waals surface area contributed by atoms with Gasteiger partial charge in [0.05, 0.1) is 17.3 Å². The molecule has 6 heteroatoms. The summed E-state index contributed by atoms with van der Waals surface area (Å²) in [7, 11) is 0. The van der Waals surface area contributed by atoms with Crippen molar-refractivity contribution in [1.29, 1.82) is 0 Å². The summed E-state index contributed by atoms with van der Waals surface area (Å²) in [6.07, 6.45) is 3.43. The highest BCUT2D eigenvalue weighted by atomic mass is 35.5. The Kier molecular flexibility index (Phi) is 3.46. The zero-order chi connectivity index (χ0) is 10.7. The summed E-state index contributed by atoms with van der Waals surface area (Å²) in [4.78, 5) is 9.89. The number of aromatic nitrogens is 2. The lowest BCUT2D eigenvalue weighted by Gasteiger charge is -2.04. The van der Waals surface area contributed by atoms with E-state index in [0.717, 1.165) is 12.8 Å². The van der Waals surface area contributed by atoms with Crippen molar-refractivity contribution < 1.29 is 4.92 Å². The highest BCUT2D eigenvalue weighted by Gasteiger charge is 2.21. The van der Waals surface area contributed by atoms with Crippen LogP contribution in [-0.2, 0) is 0 Å². The van der Waals surface area contributed by atoms with Gasteiger partial charge in [-0.3, -0.25) is 0 Å². The number of nitro groups is 1. The Bertz CT molecular complexity index is 337. The van der Waals surface area contributed by atoms with Gasteiger partial charge in [0.25, 0.3) is 0 Å². The molecule has 1 heterocycles. The second-order valence-corrected chi connectivity index (χ2v) is 3.58.